The van der Waals surface area contributed by atoms with Gasteiger partial charge < -0.3 is 20.3 Å². The number of fused-ring (bicyclic) bond motifs is 1. The van der Waals surface area contributed by atoms with Crippen molar-refractivity contribution < 1.29 is 14.3 Å². The number of hydrogen-bond donors (Lipinski definition) is 2. The van der Waals surface area contributed by atoms with Gasteiger partial charge in [-0.25, -0.2) is 4.79 Å². The first-order valence-corrected chi connectivity index (χ1v) is 13.1. The van der Waals surface area contributed by atoms with Crippen molar-refractivity contribution in [2.45, 2.75) is 32.6 Å². The van der Waals surface area contributed by atoms with Gasteiger partial charge in [0.1, 0.15) is 0 Å². The Morgan fingerprint density at radius 2 is 1.70 bits per heavy atom. The fourth-order valence-electron chi connectivity index (χ4n) is 5.02. The van der Waals surface area contributed by atoms with E-state index in [1.165, 1.54) is 37.9 Å². The zero-order valence-corrected chi connectivity index (χ0v) is 21.3. The molecule has 6 heteroatoms. The lowest BCUT2D eigenvalue weighted by atomic mass is 9.99. The molecule has 3 aromatic rings. The van der Waals surface area contributed by atoms with E-state index in [9.17, 15) is 9.59 Å². The van der Waals surface area contributed by atoms with Gasteiger partial charge in [0.2, 0.25) is 0 Å². The second-order valence-electron chi connectivity index (χ2n) is 9.53. The number of esters is 1. The number of rotatable bonds is 8. The normalized spacial score (nSPS) is 16.6. The summed E-state index contributed by atoms with van der Waals surface area (Å²) in [6.07, 6.45) is 5.00. The van der Waals surface area contributed by atoms with Gasteiger partial charge in [-0.2, -0.15) is 0 Å². The number of carbonyl (C=O) groups excluding carboxylic acids is 2. The van der Waals surface area contributed by atoms with Crippen LogP contribution in [0, 0.1) is 0 Å². The van der Waals surface area contributed by atoms with Gasteiger partial charge in [-0.1, -0.05) is 55.0 Å². The Balaban J connectivity index is 1.42. The summed E-state index contributed by atoms with van der Waals surface area (Å²) < 4.78 is 5.12. The van der Waals surface area contributed by atoms with Crippen LogP contribution in [0.2, 0.25) is 0 Å². The first-order chi connectivity index (χ1) is 18.1. The summed E-state index contributed by atoms with van der Waals surface area (Å²) >= 11 is 0. The molecule has 0 saturated carbocycles. The third-order valence-corrected chi connectivity index (χ3v) is 6.98. The minimum Gasteiger partial charge on any atom is -0.462 e. The largest absolute Gasteiger partial charge is 0.462 e. The minimum atomic E-state index is -0.404. The van der Waals surface area contributed by atoms with Crippen LogP contribution < -0.4 is 10.6 Å². The number of anilines is 2. The van der Waals surface area contributed by atoms with Crippen LogP contribution in [-0.4, -0.2) is 43.0 Å². The van der Waals surface area contributed by atoms with Gasteiger partial charge in [-0.3, -0.25) is 4.79 Å². The Morgan fingerprint density at radius 1 is 0.946 bits per heavy atom. The molecule has 5 rings (SSSR count). The van der Waals surface area contributed by atoms with Crippen molar-refractivity contribution in [1.82, 2.24) is 4.90 Å². The standard InChI is InChI=1S/C31H33N3O3/c1-2-37-31(36)24-13-16-26-27(21-24)33-30(35)28(26)29(23-9-5-3-6-10-23)32-25-14-11-22(12-15-25)17-20-34-18-7-4-8-19-34/h3,5-6,9-16,21,32H,2,4,7-8,17-20H2,1H3,(H,33,35)/b29-28-. The summed E-state index contributed by atoms with van der Waals surface area (Å²) in [6, 6.07) is 23.5. The van der Waals surface area contributed by atoms with Gasteiger partial charge in [0.15, 0.2) is 0 Å². The molecule has 0 unspecified atom stereocenters. The van der Waals surface area contributed by atoms with Crippen molar-refractivity contribution >= 4 is 34.5 Å². The molecule has 2 aliphatic rings. The van der Waals surface area contributed by atoms with Crippen LogP contribution in [0.15, 0.2) is 72.8 Å². The number of piperidine rings is 1. The van der Waals surface area contributed by atoms with Crippen LogP contribution >= 0.6 is 0 Å². The summed E-state index contributed by atoms with van der Waals surface area (Å²) in [7, 11) is 0. The second-order valence-corrected chi connectivity index (χ2v) is 9.53. The molecule has 0 radical (unpaired) electrons. The van der Waals surface area contributed by atoms with E-state index in [-0.39, 0.29) is 5.91 Å². The first-order valence-electron chi connectivity index (χ1n) is 13.1. The first kappa shape index (κ1) is 24.8. The maximum Gasteiger partial charge on any atom is 0.338 e. The highest BCUT2D eigenvalue weighted by molar-refractivity contribution is 6.37. The monoisotopic (exact) mass is 495 g/mol. The number of nitrogens with zero attached hydrogens (tertiary/aromatic N) is 1. The van der Waals surface area contributed by atoms with Crippen molar-refractivity contribution in [2.75, 3.05) is 36.9 Å². The summed E-state index contributed by atoms with van der Waals surface area (Å²) in [4.78, 5) is 28.0. The molecule has 2 N–H and O–H groups in total. The molecule has 2 aliphatic heterocycles. The smallest absolute Gasteiger partial charge is 0.338 e. The summed E-state index contributed by atoms with van der Waals surface area (Å²) in [5.41, 5.74) is 6.17. The minimum absolute atomic E-state index is 0.208. The van der Waals surface area contributed by atoms with E-state index < -0.39 is 5.97 Å². The van der Waals surface area contributed by atoms with Gasteiger partial charge in [0.25, 0.3) is 5.91 Å². The number of carbonyl (C=O) groups is 2. The van der Waals surface area contributed by atoms with Gasteiger partial charge in [0.05, 0.1) is 29.1 Å². The molecule has 0 atom stereocenters. The third-order valence-electron chi connectivity index (χ3n) is 6.98. The highest BCUT2D eigenvalue weighted by Gasteiger charge is 2.29. The SMILES string of the molecule is CCOC(=O)c1ccc2c(c1)NC(=O)/C2=C(\Nc1ccc(CCN2CCCCC2)cc1)c1ccccc1. The Morgan fingerprint density at radius 3 is 2.43 bits per heavy atom. The van der Waals surface area contributed by atoms with Crippen molar-refractivity contribution in [3.8, 4) is 0 Å². The molecular formula is C31H33N3O3. The second kappa shape index (κ2) is 11.4. The average Bonchev–Trinajstić information content (AvgIpc) is 3.27. The van der Waals surface area contributed by atoms with Crippen molar-refractivity contribution in [1.29, 1.82) is 0 Å². The molecule has 0 bridgehead atoms. The summed E-state index contributed by atoms with van der Waals surface area (Å²) in [5, 5.41) is 6.44. The quantitative estimate of drug-likeness (QED) is 0.304. The molecule has 0 aromatic heterocycles. The van der Waals surface area contributed by atoms with Crippen LogP contribution in [0.1, 0.15) is 53.2 Å². The lowest BCUT2D eigenvalue weighted by molar-refractivity contribution is -0.110. The zero-order chi connectivity index (χ0) is 25.6. The van der Waals surface area contributed by atoms with Crippen molar-refractivity contribution in [3.63, 3.8) is 0 Å². The molecule has 1 fully saturated rings. The topological polar surface area (TPSA) is 70.7 Å². The molecule has 0 aliphatic carbocycles. The van der Waals surface area contributed by atoms with Gasteiger partial charge in [-0.05, 0) is 74.7 Å². The molecule has 6 nitrogen and oxygen atoms in total. The van der Waals surface area contributed by atoms with Gasteiger partial charge >= 0.3 is 5.97 Å². The predicted molar refractivity (Wildman–Crippen MR) is 148 cm³/mol. The number of ether oxygens (including phenoxy) is 1. The van der Waals surface area contributed by atoms with Crippen molar-refractivity contribution in [3.05, 3.63) is 95.1 Å². The molecule has 0 spiro atoms. The zero-order valence-electron chi connectivity index (χ0n) is 21.3. The Hall–Kier alpha value is -3.90. The Bertz CT molecular complexity index is 1290. The van der Waals surface area contributed by atoms with Crippen LogP contribution in [0.25, 0.3) is 11.3 Å². The molecule has 190 valence electrons. The van der Waals surface area contributed by atoms with Crippen molar-refractivity contribution in [2.24, 2.45) is 0 Å². The Kier molecular flexibility index (Phi) is 7.66. The number of benzene rings is 3. The van der Waals surface area contributed by atoms with Gasteiger partial charge in [-0.15, -0.1) is 0 Å². The van der Waals surface area contributed by atoms with E-state index in [0.29, 0.717) is 23.4 Å². The molecule has 2 heterocycles. The lowest BCUT2D eigenvalue weighted by Gasteiger charge is -2.26. The number of amides is 1. The maximum absolute atomic E-state index is 13.2. The number of nitrogens with one attached hydrogen (secondary N) is 2. The van der Waals surface area contributed by atoms with E-state index in [1.807, 2.05) is 36.4 Å². The summed E-state index contributed by atoms with van der Waals surface area (Å²) in [6.45, 7) is 5.58. The lowest BCUT2D eigenvalue weighted by Crippen LogP contribution is -2.31. The predicted octanol–water partition coefficient (Wildman–Crippen LogP) is 5.82. The van der Waals surface area contributed by atoms with E-state index in [2.05, 4.69) is 39.8 Å². The number of hydrogen-bond acceptors (Lipinski definition) is 5. The number of likely N-dealkylation sites (tertiary alicyclic amines) is 1. The highest BCUT2D eigenvalue weighted by Crippen LogP contribution is 2.38. The van der Waals surface area contributed by atoms with Gasteiger partial charge in [0, 0.05) is 17.8 Å². The average molecular weight is 496 g/mol. The fourth-order valence-corrected chi connectivity index (χ4v) is 5.02. The fraction of sp³-hybridized carbons (Fsp3) is 0.290. The highest BCUT2D eigenvalue weighted by atomic mass is 16.5. The van der Waals surface area contributed by atoms with E-state index in [1.54, 1.807) is 19.1 Å². The molecular weight excluding hydrogens is 462 g/mol. The summed E-state index contributed by atoms with van der Waals surface area (Å²) in [5.74, 6) is -0.612. The van der Waals surface area contributed by atoms with E-state index in [0.717, 1.165) is 35.5 Å². The maximum atomic E-state index is 13.2. The molecule has 1 saturated heterocycles. The van der Waals surface area contributed by atoms with Crippen LogP contribution in [0.5, 0.6) is 0 Å². The van der Waals surface area contributed by atoms with Crippen LogP contribution in [-0.2, 0) is 16.0 Å². The molecule has 1 amide bonds. The van der Waals surface area contributed by atoms with E-state index in [4.69, 9.17) is 4.74 Å². The Labute approximate surface area is 218 Å². The van der Waals surface area contributed by atoms with Crippen LogP contribution in [0.4, 0.5) is 11.4 Å². The molecule has 3 aromatic carbocycles. The van der Waals surface area contributed by atoms with E-state index >= 15 is 0 Å². The van der Waals surface area contributed by atoms with Crippen LogP contribution in [0.3, 0.4) is 0 Å². The third kappa shape index (κ3) is 5.75. The molecule has 37 heavy (non-hydrogen) atoms.